The highest BCUT2D eigenvalue weighted by Crippen LogP contribution is 2.43. The highest BCUT2D eigenvalue weighted by atomic mass is 19.4. The monoisotopic (exact) mass is 474 g/mol. The zero-order valence-electron chi connectivity index (χ0n) is 18.0. The number of carbonyl (C=O) groups is 1. The van der Waals surface area contributed by atoms with Gasteiger partial charge in [-0.1, -0.05) is 0 Å². The molecule has 11 nitrogen and oxygen atoms in total. The first-order valence-corrected chi connectivity index (χ1v) is 10.5. The second kappa shape index (κ2) is 9.00. The molecule has 2 aromatic rings. The number of ether oxygens (including phenoxy) is 3. The Bertz CT molecular complexity index is 1000. The number of aliphatic hydroxyl groups excluding tert-OH is 1. The fourth-order valence-electron chi connectivity index (χ4n) is 3.96. The van der Waals surface area contributed by atoms with Crippen LogP contribution >= 0.6 is 0 Å². The Morgan fingerprint density at radius 1 is 1.18 bits per heavy atom. The summed E-state index contributed by atoms with van der Waals surface area (Å²) in [5.74, 6) is -2.31. The van der Waals surface area contributed by atoms with Crippen LogP contribution in [0.2, 0.25) is 0 Å². The third-order valence-electron chi connectivity index (χ3n) is 5.38. The van der Waals surface area contributed by atoms with Crippen LogP contribution in [0.4, 0.5) is 19.0 Å². The lowest BCUT2D eigenvalue weighted by atomic mass is 10.1. The number of halogens is 3. The first-order chi connectivity index (χ1) is 15.6. The van der Waals surface area contributed by atoms with Crippen molar-refractivity contribution in [1.82, 2.24) is 24.8 Å². The van der Waals surface area contributed by atoms with E-state index in [9.17, 15) is 23.1 Å². The average Bonchev–Trinajstić information content (AvgIpc) is 3.40. The zero-order chi connectivity index (χ0) is 23.8. The predicted molar refractivity (Wildman–Crippen MR) is 107 cm³/mol. The number of hydrogen-bond donors (Lipinski definition) is 3. The highest BCUT2D eigenvalue weighted by Gasteiger charge is 2.56. The third kappa shape index (κ3) is 4.88. The van der Waals surface area contributed by atoms with Gasteiger partial charge in [-0.2, -0.15) is 13.2 Å². The maximum absolute atomic E-state index is 12.2. The number of nitrogens with zero attached hydrogens (tertiary/aromatic N) is 4. The standard InChI is InChI=1S/C19H25F3N6O5/c1-18(2)32-12-10(7-29)31-16(13(12)33-18)28-9-27-11-14(25-8-26-15(11)28)23-5-3-4-6-24-17(30)19(20,21)22/h8-10,12-13,16,29H,3-7H2,1-2H3,(H,24,30)(H,23,25,26)/t10-,12?,13?,16-/m1/s1. The maximum Gasteiger partial charge on any atom is 0.471 e. The molecule has 0 bridgehead atoms. The Morgan fingerprint density at radius 2 is 1.91 bits per heavy atom. The second-order valence-electron chi connectivity index (χ2n) is 8.25. The van der Waals surface area contributed by atoms with Gasteiger partial charge in [-0.25, -0.2) is 15.0 Å². The average molecular weight is 474 g/mol. The molecule has 33 heavy (non-hydrogen) atoms. The lowest BCUT2D eigenvalue weighted by Crippen LogP contribution is -2.37. The summed E-state index contributed by atoms with van der Waals surface area (Å²) in [7, 11) is 0. The Labute approximate surface area is 186 Å². The summed E-state index contributed by atoms with van der Waals surface area (Å²) >= 11 is 0. The number of anilines is 1. The molecule has 3 N–H and O–H groups in total. The number of unbranched alkanes of at least 4 members (excludes halogenated alkanes) is 1. The molecule has 4 atom stereocenters. The molecule has 1 amide bonds. The van der Waals surface area contributed by atoms with Crippen LogP contribution in [0.25, 0.3) is 11.2 Å². The summed E-state index contributed by atoms with van der Waals surface area (Å²) in [5.41, 5.74) is 0.967. The van der Waals surface area contributed by atoms with Crippen LogP contribution in [0.5, 0.6) is 0 Å². The molecule has 2 aromatic heterocycles. The van der Waals surface area contributed by atoms with E-state index in [0.717, 1.165) is 0 Å². The number of amides is 1. The van der Waals surface area contributed by atoms with Gasteiger partial charge in [-0.05, 0) is 26.7 Å². The number of carbonyl (C=O) groups excluding carboxylic acids is 1. The van der Waals surface area contributed by atoms with Crippen molar-refractivity contribution in [3.8, 4) is 0 Å². The Kier molecular flexibility index (Phi) is 6.44. The van der Waals surface area contributed by atoms with Crippen LogP contribution < -0.4 is 10.6 Å². The van der Waals surface area contributed by atoms with Gasteiger partial charge in [0.05, 0.1) is 12.9 Å². The van der Waals surface area contributed by atoms with E-state index in [1.54, 1.807) is 24.7 Å². The molecule has 0 saturated carbocycles. The minimum absolute atomic E-state index is 0.0835. The normalized spacial score (nSPS) is 26.5. The molecular formula is C19H25F3N6O5. The van der Waals surface area contributed by atoms with Crippen molar-refractivity contribution in [3.63, 3.8) is 0 Å². The number of rotatable bonds is 8. The minimum atomic E-state index is -4.88. The van der Waals surface area contributed by atoms with E-state index in [2.05, 4.69) is 20.3 Å². The summed E-state index contributed by atoms with van der Waals surface area (Å²) in [4.78, 5) is 23.7. The molecule has 14 heteroatoms. The lowest BCUT2D eigenvalue weighted by molar-refractivity contribution is -0.199. The summed E-state index contributed by atoms with van der Waals surface area (Å²) in [6.07, 6.45) is -3.20. The predicted octanol–water partition coefficient (Wildman–Crippen LogP) is 1.11. The van der Waals surface area contributed by atoms with Gasteiger partial charge in [-0.15, -0.1) is 0 Å². The minimum Gasteiger partial charge on any atom is -0.394 e. The number of hydrogen-bond acceptors (Lipinski definition) is 9. The topological polar surface area (TPSA) is 133 Å². The first-order valence-electron chi connectivity index (χ1n) is 10.5. The molecule has 4 heterocycles. The Hall–Kier alpha value is -2.55. The van der Waals surface area contributed by atoms with Gasteiger partial charge in [-0.3, -0.25) is 9.36 Å². The van der Waals surface area contributed by atoms with Gasteiger partial charge in [0.2, 0.25) is 0 Å². The second-order valence-corrected chi connectivity index (χ2v) is 8.25. The van der Waals surface area contributed by atoms with Crippen molar-refractivity contribution in [2.24, 2.45) is 0 Å². The summed E-state index contributed by atoms with van der Waals surface area (Å²) in [6, 6.07) is 0. The fraction of sp³-hybridized carbons (Fsp3) is 0.684. The van der Waals surface area contributed by atoms with E-state index < -0.39 is 42.4 Å². The van der Waals surface area contributed by atoms with Crippen LogP contribution in [0, 0.1) is 0 Å². The lowest BCUT2D eigenvalue weighted by Gasteiger charge is -2.24. The maximum atomic E-state index is 12.2. The number of nitrogens with one attached hydrogen (secondary N) is 2. The van der Waals surface area contributed by atoms with Gasteiger partial charge in [0, 0.05) is 13.1 Å². The number of alkyl halides is 3. The number of imidazole rings is 1. The molecule has 2 saturated heterocycles. The molecule has 182 valence electrons. The van der Waals surface area contributed by atoms with Crippen molar-refractivity contribution >= 4 is 22.9 Å². The van der Waals surface area contributed by atoms with E-state index in [1.165, 1.54) is 6.33 Å². The molecule has 2 aliphatic heterocycles. The van der Waals surface area contributed by atoms with Crippen LogP contribution in [0.15, 0.2) is 12.7 Å². The third-order valence-corrected chi connectivity index (χ3v) is 5.38. The smallest absolute Gasteiger partial charge is 0.394 e. The van der Waals surface area contributed by atoms with Crippen LogP contribution in [-0.2, 0) is 19.0 Å². The quantitative estimate of drug-likeness (QED) is 0.481. The molecule has 0 aliphatic carbocycles. The van der Waals surface area contributed by atoms with E-state index in [-0.39, 0.29) is 13.2 Å². The number of aromatic nitrogens is 4. The van der Waals surface area contributed by atoms with Crippen LogP contribution in [0.1, 0.15) is 32.9 Å². The van der Waals surface area contributed by atoms with Crippen molar-refractivity contribution in [3.05, 3.63) is 12.7 Å². The van der Waals surface area contributed by atoms with E-state index in [4.69, 9.17) is 14.2 Å². The van der Waals surface area contributed by atoms with Crippen LogP contribution in [0.3, 0.4) is 0 Å². The largest absolute Gasteiger partial charge is 0.471 e. The Morgan fingerprint density at radius 3 is 2.64 bits per heavy atom. The Balaban J connectivity index is 1.39. The van der Waals surface area contributed by atoms with Gasteiger partial charge in [0.15, 0.2) is 29.0 Å². The van der Waals surface area contributed by atoms with E-state index in [1.807, 2.05) is 5.32 Å². The fourth-order valence-corrected chi connectivity index (χ4v) is 3.96. The number of fused-ring (bicyclic) bond motifs is 2. The van der Waals surface area contributed by atoms with Crippen molar-refractivity contribution in [1.29, 1.82) is 0 Å². The molecule has 0 spiro atoms. The van der Waals surface area contributed by atoms with Crippen molar-refractivity contribution < 1.29 is 37.3 Å². The van der Waals surface area contributed by atoms with Crippen molar-refractivity contribution in [2.45, 2.75) is 63.2 Å². The van der Waals surface area contributed by atoms with E-state index in [0.29, 0.717) is 36.4 Å². The van der Waals surface area contributed by atoms with Gasteiger partial charge in [0.25, 0.3) is 0 Å². The zero-order valence-corrected chi connectivity index (χ0v) is 18.0. The summed E-state index contributed by atoms with van der Waals surface area (Å²) < 4.78 is 56.1. The van der Waals surface area contributed by atoms with Crippen LogP contribution in [-0.4, -0.2) is 80.5 Å². The molecular weight excluding hydrogens is 449 g/mol. The number of aliphatic hydroxyl groups is 1. The molecule has 2 fully saturated rings. The summed E-state index contributed by atoms with van der Waals surface area (Å²) in [6.45, 7) is 3.68. The van der Waals surface area contributed by atoms with Gasteiger partial charge in [0.1, 0.15) is 24.6 Å². The molecule has 2 unspecified atom stereocenters. The van der Waals surface area contributed by atoms with Gasteiger partial charge < -0.3 is 30.0 Å². The summed E-state index contributed by atoms with van der Waals surface area (Å²) in [5, 5.41) is 14.6. The van der Waals surface area contributed by atoms with Crippen molar-refractivity contribution in [2.75, 3.05) is 25.0 Å². The molecule has 0 radical (unpaired) electrons. The molecule has 0 aromatic carbocycles. The van der Waals surface area contributed by atoms with Gasteiger partial charge >= 0.3 is 12.1 Å². The highest BCUT2D eigenvalue weighted by molar-refractivity contribution is 5.82. The van der Waals surface area contributed by atoms with E-state index >= 15 is 0 Å². The molecule has 2 aliphatic rings. The first kappa shape index (κ1) is 23.6. The SMILES string of the molecule is CC1(C)OC2C(O1)[C@@H](CO)O[C@H]2n1cnc2c(NCCCCNC(=O)C(F)(F)F)ncnc21. The molecule has 4 rings (SSSR count).